The molecule has 1 aromatic heterocycles. The third-order valence-corrected chi connectivity index (χ3v) is 3.81. The van der Waals surface area contributed by atoms with Gasteiger partial charge >= 0.3 is 0 Å². The van der Waals surface area contributed by atoms with Gasteiger partial charge < -0.3 is 10.0 Å². The van der Waals surface area contributed by atoms with Crippen LogP contribution >= 0.6 is 22.9 Å². The SMILES string of the molecule is CN(C(=O)/C=C/c1ccc(Cl)s1)C(C)(C)CO. The average molecular weight is 274 g/mol. The van der Waals surface area contributed by atoms with Gasteiger partial charge in [-0.25, -0.2) is 0 Å². The summed E-state index contributed by atoms with van der Waals surface area (Å²) in [6.07, 6.45) is 3.21. The van der Waals surface area contributed by atoms with Crippen LogP contribution in [0.25, 0.3) is 6.08 Å². The molecule has 0 atom stereocenters. The van der Waals surface area contributed by atoms with E-state index in [1.807, 2.05) is 6.07 Å². The van der Waals surface area contributed by atoms with E-state index in [-0.39, 0.29) is 12.5 Å². The van der Waals surface area contributed by atoms with Crippen molar-refractivity contribution in [3.8, 4) is 0 Å². The maximum absolute atomic E-state index is 11.8. The quantitative estimate of drug-likeness (QED) is 0.857. The summed E-state index contributed by atoms with van der Waals surface area (Å²) in [7, 11) is 1.67. The highest BCUT2D eigenvalue weighted by Crippen LogP contribution is 2.22. The fourth-order valence-electron chi connectivity index (χ4n) is 1.09. The molecule has 0 unspecified atom stereocenters. The molecule has 17 heavy (non-hydrogen) atoms. The number of amides is 1. The number of nitrogens with zero attached hydrogens (tertiary/aromatic N) is 1. The minimum Gasteiger partial charge on any atom is -0.394 e. The van der Waals surface area contributed by atoms with Crippen molar-refractivity contribution >= 4 is 34.9 Å². The Labute approximate surface area is 110 Å². The van der Waals surface area contributed by atoms with Crippen LogP contribution in [-0.2, 0) is 4.79 Å². The Kier molecular flexibility index (Phi) is 4.74. The first kappa shape index (κ1) is 14.2. The summed E-state index contributed by atoms with van der Waals surface area (Å²) in [5, 5.41) is 9.17. The van der Waals surface area contributed by atoms with Gasteiger partial charge in [-0.3, -0.25) is 4.79 Å². The first-order chi connectivity index (χ1) is 7.86. The summed E-state index contributed by atoms with van der Waals surface area (Å²) in [5.74, 6) is -0.145. The molecule has 0 aliphatic rings. The van der Waals surface area contributed by atoms with Crippen molar-refractivity contribution in [3.05, 3.63) is 27.4 Å². The molecule has 1 aromatic rings. The molecule has 0 fully saturated rings. The summed E-state index contributed by atoms with van der Waals surface area (Å²) in [5.41, 5.74) is -0.561. The second-order valence-electron chi connectivity index (χ2n) is 4.34. The second-order valence-corrected chi connectivity index (χ2v) is 6.09. The van der Waals surface area contributed by atoms with Gasteiger partial charge in [0.2, 0.25) is 5.91 Å². The third-order valence-electron chi connectivity index (χ3n) is 2.61. The van der Waals surface area contributed by atoms with Gasteiger partial charge in [0, 0.05) is 18.0 Å². The molecule has 1 heterocycles. The largest absolute Gasteiger partial charge is 0.394 e. The van der Waals surface area contributed by atoms with Crippen LogP contribution in [0.1, 0.15) is 18.7 Å². The zero-order chi connectivity index (χ0) is 13.1. The third kappa shape index (κ3) is 3.84. The Morgan fingerprint density at radius 2 is 2.24 bits per heavy atom. The van der Waals surface area contributed by atoms with E-state index < -0.39 is 5.54 Å². The lowest BCUT2D eigenvalue weighted by Gasteiger charge is -2.33. The van der Waals surface area contributed by atoms with E-state index >= 15 is 0 Å². The fraction of sp³-hybridized carbons (Fsp3) is 0.417. The molecule has 1 rings (SSSR count). The van der Waals surface area contributed by atoms with Gasteiger partial charge in [-0.1, -0.05) is 11.6 Å². The Balaban J connectivity index is 2.69. The van der Waals surface area contributed by atoms with E-state index in [9.17, 15) is 4.79 Å². The van der Waals surface area contributed by atoms with Crippen LogP contribution in [0.5, 0.6) is 0 Å². The highest BCUT2D eigenvalue weighted by molar-refractivity contribution is 7.17. The van der Waals surface area contributed by atoms with E-state index in [4.69, 9.17) is 16.7 Å². The monoisotopic (exact) mass is 273 g/mol. The number of aliphatic hydroxyl groups excluding tert-OH is 1. The van der Waals surface area contributed by atoms with Crippen LogP contribution in [0, 0.1) is 0 Å². The van der Waals surface area contributed by atoms with Crippen molar-refractivity contribution in [1.82, 2.24) is 4.90 Å². The molecule has 0 aromatic carbocycles. The predicted molar refractivity (Wildman–Crippen MR) is 72.3 cm³/mol. The van der Waals surface area contributed by atoms with E-state index in [2.05, 4.69) is 0 Å². The van der Waals surface area contributed by atoms with E-state index in [0.717, 1.165) is 4.88 Å². The minimum absolute atomic E-state index is 0.0755. The summed E-state index contributed by atoms with van der Waals surface area (Å²) in [6.45, 7) is 3.54. The lowest BCUT2D eigenvalue weighted by Crippen LogP contribution is -2.47. The number of hydrogen-bond donors (Lipinski definition) is 1. The molecule has 0 aliphatic carbocycles. The summed E-state index contributed by atoms with van der Waals surface area (Å²) < 4.78 is 0.696. The molecule has 3 nitrogen and oxygen atoms in total. The molecule has 1 N–H and O–H groups in total. The van der Waals surface area contributed by atoms with Crippen molar-refractivity contribution in [2.75, 3.05) is 13.7 Å². The van der Waals surface area contributed by atoms with Gasteiger partial charge in [0.15, 0.2) is 0 Å². The van der Waals surface area contributed by atoms with Crippen LogP contribution in [-0.4, -0.2) is 35.1 Å². The number of aliphatic hydroxyl groups is 1. The molecular formula is C12H16ClNO2S. The molecule has 0 spiro atoms. The molecule has 5 heteroatoms. The molecule has 0 saturated heterocycles. The van der Waals surface area contributed by atoms with Gasteiger partial charge in [0.05, 0.1) is 16.5 Å². The minimum atomic E-state index is -0.561. The van der Waals surface area contributed by atoms with Crippen molar-refractivity contribution in [3.63, 3.8) is 0 Å². The molecule has 0 radical (unpaired) electrons. The first-order valence-corrected chi connectivity index (χ1v) is 6.38. The van der Waals surface area contributed by atoms with Gasteiger partial charge in [-0.15, -0.1) is 11.3 Å². The van der Waals surface area contributed by atoms with E-state index in [1.54, 1.807) is 33.0 Å². The number of carbonyl (C=O) groups is 1. The summed E-state index contributed by atoms with van der Waals surface area (Å²) in [4.78, 5) is 14.3. The van der Waals surface area contributed by atoms with Gasteiger partial charge in [-0.2, -0.15) is 0 Å². The number of thiophene rings is 1. The predicted octanol–water partition coefficient (Wildman–Crippen LogP) is 2.64. The van der Waals surface area contributed by atoms with Crippen LogP contribution in [0.2, 0.25) is 4.34 Å². The molecule has 0 bridgehead atoms. The number of halogens is 1. The standard InChI is InChI=1S/C12H16ClNO2S/c1-12(2,8-15)14(3)11(16)7-5-9-4-6-10(13)17-9/h4-7,15H,8H2,1-3H3/b7-5+. The highest BCUT2D eigenvalue weighted by atomic mass is 35.5. The van der Waals surface area contributed by atoms with Crippen LogP contribution < -0.4 is 0 Å². The molecule has 1 amide bonds. The van der Waals surface area contributed by atoms with E-state index in [0.29, 0.717) is 4.34 Å². The van der Waals surface area contributed by atoms with Gasteiger partial charge in [0.1, 0.15) is 0 Å². The Bertz CT molecular complexity index is 426. The number of likely N-dealkylation sites (N-methyl/N-ethyl adjacent to an activating group) is 1. The van der Waals surface area contributed by atoms with Crippen molar-refractivity contribution in [1.29, 1.82) is 0 Å². The van der Waals surface area contributed by atoms with Crippen LogP contribution in [0.3, 0.4) is 0 Å². The lowest BCUT2D eigenvalue weighted by atomic mass is 10.1. The Morgan fingerprint density at radius 1 is 1.59 bits per heavy atom. The smallest absolute Gasteiger partial charge is 0.246 e. The normalized spacial score (nSPS) is 12.1. The Morgan fingerprint density at radius 3 is 2.71 bits per heavy atom. The summed E-state index contributed by atoms with van der Waals surface area (Å²) in [6, 6.07) is 3.64. The highest BCUT2D eigenvalue weighted by Gasteiger charge is 2.25. The van der Waals surface area contributed by atoms with Crippen molar-refractivity contribution in [2.45, 2.75) is 19.4 Å². The number of carbonyl (C=O) groups excluding carboxylic acids is 1. The van der Waals surface area contributed by atoms with Gasteiger partial charge in [0.25, 0.3) is 0 Å². The lowest BCUT2D eigenvalue weighted by molar-refractivity contribution is -0.130. The number of hydrogen-bond acceptors (Lipinski definition) is 3. The average Bonchev–Trinajstić information content (AvgIpc) is 2.71. The maximum atomic E-state index is 11.8. The number of rotatable bonds is 4. The maximum Gasteiger partial charge on any atom is 0.246 e. The van der Waals surface area contributed by atoms with Crippen LogP contribution in [0.15, 0.2) is 18.2 Å². The fourth-order valence-corrected chi connectivity index (χ4v) is 2.05. The molecule has 0 saturated carbocycles. The van der Waals surface area contributed by atoms with Gasteiger partial charge in [-0.05, 0) is 32.1 Å². The molecule has 0 aliphatic heterocycles. The van der Waals surface area contributed by atoms with Crippen LogP contribution in [0.4, 0.5) is 0 Å². The molecular weight excluding hydrogens is 258 g/mol. The summed E-state index contributed by atoms with van der Waals surface area (Å²) >= 11 is 7.20. The first-order valence-electron chi connectivity index (χ1n) is 5.19. The zero-order valence-electron chi connectivity index (χ0n) is 10.1. The Hall–Kier alpha value is -0.840. The second kappa shape index (κ2) is 5.67. The topological polar surface area (TPSA) is 40.5 Å². The molecule has 94 valence electrons. The zero-order valence-corrected chi connectivity index (χ0v) is 11.7. The van der Waals surface area contributed by atoms with E-state index in [1.165, 1.54) is 22.3 Å². The van der Waals surface area contributed by atoms with Crippen molar-refractivity contribution < 1.29 is 9.90 Å². The van der Waals surface area contributed by atoms with Crippen molar-refractivity contribution in [2.24, 2.45) is 0 Å².